The molecule has 0 bridgehead atoms. The standard InChI is InChI=1S/C15H20BrNO3/c16-13-4-2-1-3-12(13)14(18)10-17-7-5-11(6-8-17)9-15(19)20/h1-4,11,14,18H,5-10H2,(H,19,20). The van der Waals surface area contributed by atoms with Crippen molar-refractivity contribution in [1.29, 1.82) is 0 Å². The van der Waals surface area contributed by atoms with Crippen LogP contribution in [0.2, 0.25) is 0 Å². The number of aliphatic carboxylic acids is 1. The third-order valence-electron chi connectivity index (χ3n) is 3.87. The van der Waals surface area contributed by atoms with Crippen molar-refractivity contribution in [2.45, 2.75) is 25.4 Å². The van der Waals surface area contributed by atoms with Crippen molar-refractivity contribution in [1.82, 2.24) is 4.90 Å². The number of nitrogens with zero attached hydrogens (tertiary/aromatic N) is 1. The average Bonchev–Trinajstić information content (AvgIpc) is 2.41. The van der Waals surface area contributed by atoms with Crippen LogP contribution in [0, 0.1) is 5.92 Å². The fourth-order valence-corrected chi connectivity index (χ4v) is 3.26. The lowest BCUT2D eigenvalue weighted by Crippen LogP contribution is -2.37. The Kier molecular flexibility index (Phi) is 5.57. The van der Waals surface area contributed by atoms with E-state index in [1.165, 1.54) is 0 Å². The highest BCUT2D eigenvalue weighted by atomic mass is 79.9. The van der Waals surface area contributed by atoms with Crippen LogP contribution in [0.1, 0.15) is 30.9 Å². The Balaban J connectivity index is 1.83. The van der Waals surface area contributed by atoms with Crippen LogP contribution in [0.25, 0.3) is 0 Å². The Morgan fingerprint density at radius 3 is 2.60 bits per heavy atom. The smallest absolute Gasteiger partial charge is 0.303 e. The predicted octanol–water partition coefficient (Wildman–Crippen LogP) is 2.67. The van der Waals surface area contributed by atoms with Gasteiger partial charge in [0.25, 0.3) is 0 Å². The van der Waals surface area contributed by atoms with E-state index in [1.54, 1.807) is 0 Å². The van der Waals surface area contributed by atoms with Crippen molar-refractivity contribution in [3.05, 3.63) is 34.3 Å². The first-order chi connectivity index (χ1) is 9.56. The van der Waals surface area contributed by atoms with Crippen LogP contribution in [-0.4, -0.2) is 40.7 Å². The number of likely N-dealkylation sites (tertiary alicyclic amines) is 1. The van der Waals surface area contributed by atoms with E-state index < -0.39 is 12.1 Å². The van der Waals surface area contributed by atoms with Gasteiger partial charge in [0, 0.05) is 17.4 Å². The second-order valence-electron chi connectivity index (χ2n) is 5.38. The van der Waals surface area contributed by atoms with Crippen molar-refractivity contribution in [2.24, 2.45) is 5.92 Å². The maximum atomic E-state index is 10.7. The zero-order valence-corrected chi connectivity index (χ0v) is 12.9. The number of hydrogen-bond donors (Lipinski definition) is 2. The van der Waals surface area contributed by atoms with Crippen molar-refractivity contribution in [3.63, 3.8) is 0 Å². The van der Waals surface area contributed by atoms with E-state index in [1.807, 2.05) is 24.3 Å². The zero-order chi connectivity index (χ0) is 14.5. The number of carbonyl (C=O) groups is 1. The van der Waals surface area contributed by atoms with Crippen LogP contribution in [0.15, 0.2) is 28.7 Å². The molecule has 2 rings (SSSR count). The van der Waals surface area contributed by atoms with E-state index in [2.05, 4.69) is 20.8 Å². The van der Waals surface area contributed by atoms with Crippen molar-refractivity contribution < 1.29 is 15.0 Å². The van der Waals surface area contributed by atoms with Crippen LogP contribution in [-0.2, 0) is 4.79 Å². The second-order valence-corrected chi connectivity index (χ2v) is 6.23. The lowest BCUT2D eigenvalue weighted by molar-refractivity contribution is -0.138. The molecule has 0 aromatic heterocycles. The summed E-state index contributed by atoms with van der Waals surface area (Å²) in [5, 5.41) is 19.1. The summed E-state index contributed by atoms with van der Waals surface area (Å²) in [4.78, 5) is 12.9. The van der Waals surface area contributed by atoms with Crippen LogP contribution in [0.4, 0.5) is 0 Å². The lowest BCUT2D eigenvalue weighted by Gasteiger charge is -2.32. The first-order valence-corrected chi connectivity index (χ1v) is 7.72. The largest absolute Gasteiger partial charge is 0.481 e. The molecule has 0 amide bonds. The summed E-state index contributed by atoms with van der Waals surface area (Å²) in [5.41, 5.74) is 0.903. The molecule has 4 nitrogen and oxygen atoms in total. The van der Waals surface area contributed by atoms with Gasteiger partial charge in [-0.3, -0.25) is 4.79 Å². The summed E-state index contributed by atoms with van der Waals surface area (Å²) in [5.74, 6) is -0.430. The van der Waals surface area contributed by atoms with E-state index in [4.69, 9.17) is 5.11 Å². The molecule has 1 aliphatic rings. The summed E-state index contributed by atoms with van der Waals surface area (Å²) in [6.45, 7) is 2.32. The summed E-state index contributed by atoms with van der Waals surface area (Å²) in [6.07, 6.45) is 1.55. The van der Waals surface area contributed by atoms with Gasteiger partial charge in [0.1, 0.15) is 0 Å². The molecule has 1 fully saturated rings. The molecule has 1 heterocycles. The minimum atomic E-state index is -0.711. The molecule has 110 valence electrons. The van der Waals surface area contributed by atoms with Gasteiger partial charge in [-0.2, -0.15) is 0 Å². The van der Waals surface area contributed by atoms with Gasteiger partial charge in [0.2, 0.25) is 0 Å². The highest BCUT2D eigenvalue weighted by Crippen LogP contribution is 2.26. The molecular weight excluding hydrogens is 322 g/mol. The molecule has 1 aliphatic heterocycles. The van der Waals surface area contributed by atoms with E-state index >= 15 is 0 Å². The molecular formula is C15H20BrNO3. The second kappa shape index (κ2) is 7.20. The fourth-order valence-electron chi connectivity index (χ4n) is 2.71. The third kappa shape index (κ3) is 4.30. The third-order valence-corrected chi connectivity index (χ3v) is 4.59. The number of piperidine rings is 1. The number of β-amino-alcohol motifs (C(OH)–C–C–N with tert-alkyl or cyclic N) is 1. The molecule has 1 aromatic carbocycles. The Morgan fingerprint density at radius 2 is 2.00 bits per heavy atom. The Bertz CT molecular complexity index is 458. The Morgan fingerprint density at radius 1 is 1.35 bits per heavy atom. The first-order valence-electron chi connectivity index (χ1n) is 6.93. The normalized spacial score (nSPS) is 18.9. The number of carboxylic acids is 1. The number of hydrogen-bond acceptors (Lipinski definition) is 3. The van der Waals surface area contributed by atoms with Gasteiger partial charge in [-0.15, -0.1) is 0 Å². The van der Waals surface area contributed by atoms with Crippen molar-refractivity contribution in [2.75, 3.05) is 19.6 Å². The quantitative estimate of drug-likeness (QED) is 0.864. The van der Waals surface area contributed by atoms with Gasteiger partial charge in [-0.05, 0) is 43.5 Å². The molecule has 0 spiro atoms. The number of aliphatic hydroxyl groups is 1. The number of aliphatic hydroxyl groups excluding tert-OH is 1. The summed E-state index contributed by atoms with van der Waals surface area (Å²) < 4.78 is 0.924. The molecule has 1 atom stereocenters. The molecule has 2 N–H and O–H groups in total. The molecule has 0 radical (unpaired) electrons. The van der Waals surface area contributed by atoms with Crippen molar-refractivity contribution in [3.8, 4) is 0 Å². The fraction of sp³-hybridized carbons (Fsp3) is 0.533. The number of benzene rings is 1. The number of halogens is 1. The number of carboxylic acid groups (broad SMARTS) is 1. The molecule has 1 unspecified atom stereocenters. The maximum Gasteiger partial charge on any atom is 0.303 e. The van der Waals surface area contributed by atoms with Crippen molar-refractivity contribution >= 4 is 21.9 Å². The predicted molar refractivity (Wildman–Crippen MR) is 80.5 cm³/mol. The average molecular weight is 342 g/mol. The summed E-state index contributed by atoms with van der Waals surface area (Å²) in [6, 6.07) is 7.70. The molecule has 20 heavy (non-hydrogen) atoms. The van der Waals surface area contributed by atoms with Gasteiger partial charge < -0.3 is 15.1 Å². The Hall–Kier alpha value is -0.910. The molecule has 1 saturated heterocycles. The molecule has 0 aliphatic carbocycles. The molecule has 0 saturated carbocycles. The topological polar surface area (TPSA) is 60.8 Å². The Labute approximate surface area is 127 Å². The first kappa shape index (κ1) is 15.5. The minimum absolute atomic E-state index is 0.265. The van der Waals surface area contributed by atoms with Crippen LogP contribution in [0.3, 0.4) is 0 Å². The minimum Gasteiger partial charge on any atom is -0.481 e. The highest BCUT2D eigenvalue weighted by Gasteiger charge is 2.23. The zero-order valence-electron chi connectivity index (χ0n) is 11.3. The lowest BCUT2D eigenvalue weighted by atomic mass is 9.93. The van der Waals surface area contributed by atoms with Crippen LogP contribution >= 0.6 is 15.9 Å². The van der Waals surface area contributed by atoms with Gasteiger partial charge in [-0.1, -0.05) is 34.1 Å². The SMILES string of the molecule is O=C(O)CC1CCN(CC(O)c2ccccc2Br)CC1. The van der Waals surface area contributed by atoms with E-state index in [0.717, 1.165) is 36.0 Å². The summed E-state index contributed by atoms with van der Waals surface area (Å²) in [7, 11) is 0. The van der Waals surface area contributed by atoms with E-state index in [-0.39, 0.29) is 12.3 Å². The van der Waals surface area contributed by atoms with Gasteiger partial charge in [0.05, 0.1) is 6.10 Å². The van der Waals surface area contributed by atoms with Crippen LogP contribution < -0.4 is 0 Å². The van der Waals surface area contributed by atoms with Gasteiger partial charge in [-0.25, -0.2) is 0 Å². The number of rotatable bonds is 5. The monoisotopic (exact) mass is 341 g/mol. The van der Waals surface area contributed by atoms with E-state index in [9.17, 15) is 9.90 Å². The maximum absolute atomic E-state index is 10.7. The van der Waals surface area contributed by atoms with Gasteiger partial charge >= 0.3 is 5.97 Å². The van der Waals surface area contributed by atoms with E-state index in [0.29, 0.717) is 6.54 Å². The molecule has 5 heteroatoms. The van der Waals surface area contributed by atoms with Gasteiger partial charge in [0.15, 0.2) is 0 Å². The van der Waals surface area contributed by atoms with Crippen LogP contribution in [0.5, 0.6) is 0 Å². The summed E-state index contributed by atoms with van der Waals surface area (Å²) >= 11 is 3.45. The molecule has 1 aromatic rings. The highest BCUT2D eigenvalue weighted by molar-refractivity contribution is 9.10.